The minimum atomic E-state index is 0.754. The predicted molar refractivity (Wildman–Crippen MR) is 82.9 cm³/mol. The number of likely N-dealkylation sites (tertiary alicyclic amines) is 2. The van der Waals surface area contributed by atoms with Gasteiger partial charge in [-0.15, -0.1) is 0 Å². The Kier molecular flexibility index (Phi) is 5.04. The van der Waals surface area contributed by atoms with Crippen LogP contribution in [0, 0.1) is 0 Å². The topological polar surface area (TPSA) is 19.4 Å². The van der Waals surface area contributed by atoms with Crippen molar-refractivity contribution in [3.05, 3.63) is 30.1 Å². The normalized spacial score (nSPS) is 23.0. The van der Waals surface area contributed by atoms with Crippen LogP contribution in [0.5, 0.6) is 0 Å². The first kappa shape index (κ1) is 14.0. The molecule has 0 spiro atoms. The Balaban J connectivity index is 1.40. The second kappa shape index (κ2) is 7.19. The second-order valence-electron chi connectivity index (χ2n) is 6.30. The van der Waals surface area contributed by atoms with Gasteiger partial charge in [0, 0.05) is 25.5 Å². The van der Waals surface area contributed by atoms with Crippen LogP contribution < -0.4 is 0 Å². The second-order valence-corrected chi connectivity index (χ2v) is 6.30. The van der Waals surface area contributed by atoms with Gasteiger partial charge in [-0.05, 0) is 75.5 Å². The smallest absolute Gasteiger partial charge is 0.0270 e. The van der Waals surface area contributed by atoms with E-state index in [0.717, 1.165) is 5.92 Å². The number of pyridine rings is 1. The van der Waals surface area contributed by atoms with Gasteiger partial charge in [0.2, 0.25) is 0 Å². The summed E-state index contributed by atoms with van der Waals surface area (Å²) in [6.07, 6.45) is 10.7. The molecular weight excluding hydrogens is 246 g/mol. The van der Waals surface area contributed by atoms with Gasteiger partial charge in [0.05, 0.1) is 0 Å². The highest BCUT2D eigenvalue weighted by Crippen LogP contribution is 2.27. The van der Waals surface area contributed by atoms with Gasteiger partial charge < -0.3 is 9.80 Å². The molecule has 3 heteroatoms. The molecule has 3 rings (SSSR count). The van der Waals surface area contributed by atoms with E-state index in [4.69, 9.17) is 0 Å². The molecule has 110 valence electrons. The van der Waals surface area contributed by atoms with Crippen molar-refractivity contribution in [3.63, 3.8) is 0 Å². The third-order valence-corrected chi connectivity index (χ3v) is 4.95. The van der Waals surface area contributed by atoms with Crippen molar-refractivity contribution in [2.75, 3.05) is 39.3 Å². The van der Waals surface area contributed by atoms with Crippen LogP contribution in [0.25, 0.3) is 0 Å². The highest BCUT2D eigenvalue weighted by Gasteiger charge is 2.21. The SMILES string of the molecule is c1cc(C2CCN(CCN3CCCCC3)CC2)ccn1. The molecule has 3 heterocycles. The summed E-state index contributed by atoms with van der Waals surface area (Å²) in [5.74, 6) is 0.754. The summed E-state index contributed by atoms with van der Waals surface area (Å²) in [6, 6.07) is 4.38. The fourth-order valence-electron chi connectivity index (χ4n) is 3.59. The monoisotopic (exact) mass is 273 g/mol. The largest absolute Gasteiger partial charge is 0.302 e. The zero-order valence-corrected chi connectivity index (χ0v) is 12.5. The van der Waals surface area contributed by atoms with Gasteiger partial charge >= 0.3 is 0 Å². The zero-order chi connectivity index (χ0) is 13.6. The molecular formula is C17H27N3. The van der Waals surface area contributed by atoms with Gasteiger partial charge in [0.25, 0.3) is 0 Å². The molecule has 3 nitrogen and oxygen atoms in total. The fourth-order valence-corrected chi connectivity index (χ4v) is 3.59. The van der Waals surface area contributed by atoms with Crippen LogP contribution in [0.15, 0.2) is 24.5 Å². The van der Waals surface area contributed by atoms with E-state index >= 15 is 0 Å². The minimum Gasteiger partial charge on any atom is -0.302 e. The molecule has 1 aromatic heterocycles. The number of rotatable bonds is 4. The van der Waals surface area contributed by atoms with E-state index in [2.05, 4.69) is 26.9 Å². The summed E-state index contributed by atoms with van der Waals surface area (Å²) >= 11 is 0. The molecule has 0 saturated carbocycles. The Hall–Kier alpha value is -0.930. The number of piperidine rings is 2. The maximum absolute atomic E-state index is 4.12. The quantitative estimate of drug-likeness (QED) is 0.841. The third-order valence-electron chi connectivity index (χ3n) is 4.95. The van der Waals surface area contributed by atoms with Crippen LogP contribution >= 0.6 is 0 Å². The van der Waals surface area contributed by atoms with Gasteiger partial charge in [0.1, 0.15) is 0 Å². The van der Waals surface area contributed by atoms with Crippen LogP contribution in [0.4, 0.5) is 0 Å². The number of hydrogen-bond acceptors (Lipinski definition) is 3. The average Bonchev–Trinajstić information content (AvgIpc) is 2.55. The lowest BCUT2D eigenvalue weighted by molar-refractivity contribution is 0.159. The molecule has 20 heavy (non-hydrogen) atoms. The van der Waals surface area contributed by atoms with Crippen molar-refractivity contribution in [1.29, 1.82) is 0 Å². The van der Waals surface area contributed by atoms with E-state index in [1.54, 1.807) is 0 Å². The van der Waals surface area contributed by atoms with Crippen LogP contribution in [0.2, 0.25) is 0 Å². The Bertz CT molecular complexity index is 378. The molecule has 0 N–H and O–H groups in total. The maximum Gasteiger partial charge on any atom is 0.0270 e. The molecule has 0 atom stereocenters. The van der Waals surface area contributed by atoms with E-state index in [1.807, 2.05) is 12.4 Å². The van der Waals surface area contributed by atoms with Gasteiger partial charge in [-0.2, -0.15) is 0 Å². The predicted octanol–water partition coefficient (Wildman–Crippen LogP) is 2.75. The Morgan fingerprint density at radius 3 is 2.10 bits per heavy atom. The number of hydrogen-bond donors (Lipinski definition) is 0. The van der Waals surface area contributed by atoms with E-state index in [1.165, 1.54) is 76.9 Å². The zero-order valence-electron chi connectivity index (χ0n) is 12.5. The summed E-state index contributed by atoms with van der Waals surface area (Å²) in [5, 5.41) is 0. The molecule has 0 aromatic carbocycles. The van der Waals surface area contributed by atoms with E-state index in [-0.39, 0.29) is 0 Å². The molecule has 2 saturated heterocycles. The first-order valence-corrected chi connectivity index (χ1v) is 8.26. The summed E-state index contributed by atoms with van der Waals surface area (Å²) in [6.45, 7) is 7.73. The van der Waals surface area contributed by atoms with Gasteiger partial charge in [0.15, 0.2) is 0 Å². The first-order chi connectivity index (χ1) is 9.92. The summed E-state index contributed by atoms with van der Waals surface area (Å²) in [7, 11) is 0. The molecule has 0 aliphatic carbocycles. The lowest BCUT2D eigenvalue weighted by atomic mass is 9.90. The van der Waals surface area contributed by atoms with E-state index < -0.39 is 0 Å². The van der Waals surface area contributed by atoms with E-state index in [0.29, 0.717) is 0 Å². The first-order valence-electron chi connectivity index (χ1n) is 8.26. The molecule has 0 radical (unpaired) electrons. The van der Waals surface area contributed by atoms with Crippen molar-refractivity contribution in [2.45, 2.75) is 38.0 Å². The van der Waals surface area contributed by atoms with Crippen molar-refractivity contribution in [1.82, 2.24) is 14.8 Å². The average molecular weight is 273 g/mol. The molecule has 1 aromatic rings. The maximum atomic E-state index is 4.12. The summed E-state index contributed by atoms with van der Waals surface area (Å²) in [4.78, 5) is 9.43. The van der Waals surface area contributed by atoms with Crippen LogP contribution in [0.1, 0.15) is 43.6 Å². The molecule has 2 aliphatic heterocycles. The van der Waals surface area contributed by atoms with Gasteiger partial charge in [-0.25, -0.2) is 0 Å². The van der Waals surface area contributed by atoms with Gasteiger partial charge in [-0.1, -0.05) is 6.42 Å². The van der Waals surface area contributed by atoms with Crippen LogP contribution in [0.3, 0.4) is 0 Å². The third kappa shape index (κ3) is 3.80. The Labute approximate surface area is 123 Å². The Morgan fingerprint density at radius 1 is 0.850 bits per heavy atom. The molecule has 2 aliphatic rings. The summed E-state index contributed by atoms with van der Waals surface area (Å²) < 4.78 is 0. The summed E-state index contributed by atoms with van der Waals surface area (Å²) in [5.41, 5.74) is 1.48. The van der Waals surface area contributed by atoms with Gasteiger partial charge in [-0.3, -0.25) is 4.98 Å². The van der Waals surface area contributed by atoms with Crippen LogP contribution in [-0.2, 0) is 0 Å². The molecule has 0 amide bonds. The highest BCUT2D eigenvalue weighted by molar-refractivity contribution is 5.16. The molecule has 0 bridgehead atoms. The minimum absolute atomic E-state index is 0.754. The number of aromatic nitrogens is 1. The highest BCUT2D eigenvalue weighted by atomic mass is 15.2. The lowest BCUT2D eigenvalue weighted by Crippen LogP contribution is -2.40. The van der Waals surface area contributed by atoms with Crippen molar-refractivity contribution < 1.29 is 0 Å². The van der Waals surface area contributed by atoms with E-state index in [9.17, 15) is 0 Å². The number of nitrogens with zero attached hydrogens (tertiary/aromatic N) is 3. The molecule has 0 unspecified atom stereocenters. The molecule has 2 fully saturated rings. The van der Waals surface area contributed by atoms with Crippen molar-refractivity contribution >= 4 is 0 Å². The van der Waals surface area contributed by atoms with Crippen molar-refractivity contribution in [2.24, 2.45) is 0 Å². The Morgan fingerprint density at radius 2 is 1.45 bits per heavy atom. The standard InChI is InChI=1S/C17H27N3/c1-2-10-19(11-3-1)14-15-20-12-6-17(7-13-20)16-4-8-18-9-5-16/h4-5,8-9,17H,1-3,6-7,10-15H2. The van der Waals surface area contributed by atoms with Crippen molar-refractivity contribution in [3.8, 4) is 0 Å². The fraction of sp³-hybridized carbons (Fsp3) is 0.706. The lowest BCUT2D eigenvalue weighted by Gasteiger charge is -2.34. The van der Waals surface area contributed by atoms with Crippen LogP contribution in [-0.4, -0.2) is 54.1 Å².